The highest BCUT2D eigenvalue weighted by molar-refractivity contribution is 7.92. The number of ether oxygens (including phenoxy) is 1. The summed E-state index contributed by atoms with van der Waals surface area (Å²) < 4.78 is 61.7. The number of hydrogen-bond acceptors (Lipinski definition) is 5. The van der Waals surface area contributed by atoms with Gasteiger partial charge in [0.15, 0.2) is 0 Å². The van der Waals surface area contributed by atoms with Crippen molar-refractivity contribution >= 4 is 43.2 Å². The molecule has 35 heavy (non-hydrogen) atoms. The summed E-state index contributed by atoms with van der Waals surface area (Å²) in [6.45, 7) is 1.67. The molecule has 1 N–H and O–H groups in total. The average molecular weight is 527 g/mol. The maximum Gasteiger partial charge on any atom is 0.409 e. The van der Waals surface area contributed by atoms with Gasteiger partial charge in [-0.2, -0.15) is 0 Å². The fourth-order valence-corrected chi connectivity index (χ4v) is 5.97. The maximum absolute atomic E-state index is 14.7. The second kappa shape index (κ2) is 11.2. The number of nitrogens with zero attached hydrogens (tertiary/aromatic N) is 2. The van der Waals surface area contributed by atoms with Crippen molar-refractivity contribution in [3.63, 3.8) is 0 Å². The second-order valence-corrected chi connectivity index (χ2v) is 11.6. The van der Waals surface area contributed by atoms with Crippen molar-refractivity contribution in [1.82, 2.24) is 4.90 Å². The van der Waals surface area contributed by atoms with Crippen molar-refractivity contribution in [3.05, 3.63) is 54.1 Å². The number of hydrogen-bond donors (Lipinski definition) is 1. The van der Waals surface area contributed by atoms with Crippen molar-refractivity contribution in [2.45, 2.75) is 37.1 Å². The minimum Gasteiger partial charge on any atom is -0.481 e. The van der Waals surface area contributed by atoms with E-state index in [1.807, 2.05) is 0 Å². The molecule has 0 radical (unpaired) electrons. The Labute approximate surface area is 206 Å². The lowest BCUT2D eigenvalue weighted by atomic mass is 9.94. The summed E-state index contributed by atoms with van der Waals surface area (Å²) in [7, 11) is -3.60. The van der Waals surface area contributed by atoms with Crippen LogP contribution in [0.4, 0.5) is 19.3 Å². The van der Waals surface area contributed by atoms with Crippen LogP contribution in [0.3, 0.4) is 0 Å². The second-order valence-electron chi connectivity index (χ2n) is 8.66. The van der Waals surface area contributed by atoms with E-state index in [-0.39, 0.29) is 17.2 Å². The highest BCUT2D eigenvalue weighted by Gasteiger charge is 2.33. The van der Waals surface area contributed by atoms with E-state index in [0.717, 1.165) is 27.7 Å². The van der Waals surface area contributed by atoms with Gasteiger partial charge in [0, 0.05) is 35.8 Å². The Hall–Kier alpha value is -2.99. The summed E-state index contributed by atoms with van der Waals surface area (Å²) in [5, 5.41) is 9.88. The minimum atomic E-state index is -4.32. The van der Waals surface area contributed by atoms with Gasteiger partial charge in [0.05, 0.1) is 16.6 Å². The predicted octanol–water partition coefficient (Wildman–Crippen LogP) is 1.86. The summed E-state index contributed by atoms with van der Waals surface area (Å²) >= 11 is 0. The van der Waals surface area contributed by atoms with E-state index >= 15 is 0 Å². The lowest BCUT2D eigenvalue weighted by molar-refractivity contribution is -0.138. The predicted molar refractivity (Wildman–Crippen MR) is 129 cm³/mol. The summed E-state index contributed by atoms with van der Waals surface area (Å²) in [6.07, 6.45) is 0.389. The van der Waals surface area contributed by atoms with E-state index in [4.69, 9.17) is 9.84 Å². The molecule has 1 aliphatic rings. The Kier molecular flexibility index (Phi) is 8.49. The van der Waals surface area contributed by atoms with Gasteiger partial charge >= 0.3 is 12.1 Å². The number of carboxylic acids is 1. The molecule has 3 rings (SSSR count). The zero-order valence-corrected chi connectivity index (χ0v) is 22.3. The smallest absolute Gasteiger partial charge is 0.409 e. The Bertz CT molecular complexity index is 1170. The van der Waals surface area contributed by atoms with Crippen LogP contribution in [0.15, 0.2) is 47.4 Å². The van der Waals surface area contributed by atoms with Crippen molar-refractivity contribution in [3.8, 4) is 0 Å². The molecular weight excluding hydrogens is 498 g/mol. The number of piperidine rings is 1. The molecule has 0 bridgehead atoms. The molecule has 8 nitrogen and oxygen atoms in total. The molecule has 0 unspecified atom stereocenters. The van der Waals surface area contributed by atoms with E-state index in [2.05, 4.69) is 0 Å². The zero-order valence-electron chi connectivity index (χ0n) is 19.5. The molecule has 2 aromatic carbocycles. The first-order valence-corrected chi connectivity index (χ1v) is 13.6. The lowest BCUT2D eigenvalue weighted by Gasteiger charge is -2.33. The monoisotopic (exact) mass is 526 g/mol. The van der Waals surface area contributed by atoms with E-state index in [9.17, 15) is 26.8 Å². The number of aliphatic carboxylic acids is 1. The van der Waals surface area contributed by atoms with Crippen LogP contribution in [0.5, 0.6) is 0 Å². The summed E-state index contributed by atoms with van der Waals surface area (Å²) in [6, 6.07) is 7.58. The molecule has 12 heteroatoms. The van der Waals surface area contributed by atoms with Gasteiger partial charge in [-0.1, -0.05) is 17.3 Å². The third-order valence-corrected chi connectivity index (χ3v) is 8.52. The number of carboxylic acid groups (broad SMARTS) is 1. The molecule has 0 spiro atoms. The van der Waals surface area contributed by atoms with Crippen LogP contribution in [-0.4, -0.2) is 66.5 Å². The van der Waals surface area contributed by atoms with Crippen molar-refractivity contribution in [1.29, 1.82) is 0 Å². The van der Waals surface area contributed by atoms with E-state index in [0.29, 0.717) is 36.2 Å². The third kappa shape index (κ3) is 6.57. The highest BCUT2D eigenvalue weighted by Crippen LogP contribution is 2.29. The van der Waals surface area contributed by atoms with Crippen LogP contribution in [0.2, 0.25) is 0 Å². The number of amides is 1. The molecule has 0 aromatic heterocycles. The Morgan fingerprint density at radius 1 is 1.17 bits per heavy atom. The van der Waals surface area contributed by atoms with Gasteiger partial charge < -0.3 is 14.7 Å². The van der Waals surface area contributed by atoms with Crippen molar-refractivity contribution in [2.24, 2.45) is 5.92 Å². The molecule has 2 aromatic rings. The van der Waals surface area contributed by atoms with Gasteiger partial charge in [-0.3, -0.25) is 9.10 Å². The van der Waals surface area contributed by atoms with Gasteiger partial charge in [0.1, 0.15) is 18.2 Å². The van der Waals surface area contributed by atoms with Crippen LogP contribution in [0.1, 0.15) is 26.2 Å². The fourth-order valence-electron chi connectivity index (χ4n) is 4.00. The molecule has 1 heterocycles. The van der Waals surface area contributed by atoms with Crippen LogP contribution < -0.4 is 9.49 Å². The number of rotatable bonds is 8. The number of benzene rings is 2. The number of carbonyl (C=O) groups is 2. The van der Waals surface area contributed by atoms with E-state index in [1.165, 1.54) is 24.0 Å². The molecule has 1 atom stereocenters. The largest absolute Gasteiger partial charge is 0.481 e. The number of likely N-dealkylation sites (tertiary alicyclic amines) is 1. The lowest BCUT2D eigenvalue weighted by Crippen LogP contribution is -2.44. The maximum atomic E-state index is 14.7. The SMILES string of the molecule is C[C@@H](COC(=O)N1CCC(CC(=O)O)CC1)N(c1cc(F)ccc1F)S(=O)(=O)c1ccc([SiH3])cc1. The first-order valence-electron chi connectivity index (χ1n) is 11.2. The summed E-state index contributed by atoms with van der Waals surface area (Å²) in [5.74, 6) is -2.66. The zero-order chi connectivity index (χ0) is 25.8. The van der Waals surface area contributed by atoms with Crippen molar-refractivity contribution in [2.75, 3.05) is 24.0 Å². The molecular formula is C23H28F2N2O6SSi. The van der Waals surface area contributed by atoms with Gasteiger partial charge in [0.25, 0.3) is 10.0 Å². The highest BCUT2D eigenvalue weighted by atomic mass is 32.2. The van der Waals surface area contributed by atoms with Gasteiger partial charge in [-0.05, 0) is 49.9 Å². The van der Waals surface area contributed by atoms with Crippen molar-refractivity contribution < 1.29 is 36.6 Å². The Morgan fingerprint density at radius 3 is 2.40 bits per heavy atom. The molecule has 0 saturated carbocycles. The number of halogens is 2. The number of sulfonamides is 1. The molecule has 1 amide bonds. The molecule has 190 valence electrons. The van der Waals surface area contributed by atoms with Gasteiger partial charge in [-0.15, -0.1) is 0 Å². The van der Waals surface area contributed by atoms with Gasteiger partial charge in [-0.25, -0.2) is 22.0 Å². The van der Waals surface area contributed by atoms with E-state index < -0.39 is 52.1 Å². The normalized spacial score (nSPS) is 15.6. The minimum absolute atomic E-state index is 0.0239. The number of carbonyl (C=O) groups excluding carboxylic acids is 1. The van der Waals surface area contributed by atoms with Crippen LogP contribution in [-0.2, 0) is 19.6 Å². The number of anilines is 1. The average Bonchev–Trinajstić information content (AvgIpc) is 2.80. The molecule has 1 saturated heterocycles. The standard InChI is InChI=1S/C23H28F2N2O6SSi/c1-15(14-33-23(30)26-10-8-16(9-11-26)12-22(28)29)27(21-13-17(24)2-7-20(21)25)34(31,32)18-3-5-19(35)6-4-18/h2-7,13,15-16H,8-12,14H2,1,35H3,(H,28,29)/t15-/m0/s1. The summed E-state index contributed by atoms with van der Waals surface area (Å²) in [5.41, 5.74) is -0.488. The van der Waals surface area contributed by atoms with Crippen LogP contribution >= 0.6 is 0 Å². The van der Waals surface area contributed by atoms with Gasteiger partial charge in [0.2, 0.25) is 0 Å². The van der Waals surface area contributed by atoms with Crippen LogP contribution in [0.25, 0.3) is 0 Å². The Morgan fingerprint density at radius 2 is 1.80 bits per heavy atom. The Balaban J connectivity index is 1.78. The fraction of sp³-hybridized carbons (Fsp3) is 0.391. The molecule has 1 aliphatic heterocycles. The third-order valence-electron chi connectivity index (χ3n) is 5.91. The molecule has 0 aliphatic carbocycles. The first kappa shape index (κ1) is 26.6. The summed E-state index contributed by atoms with van der Waals surface area (Å²) in [4.78, 5) is 24.8. The van der Waals surface area contributed by atoms with Crippen LogP contribution in [0, 0.1) is 17.6 Å². The van der Waals surface area contributed by atoms with E-state index in [1.54, 1.807) is 12.1 Å². The molecule has 1 fully saturated rings. The quantitative estimate of drug-likeness (QED) is 0.527. The topological polar surface area (TPSA) is 104 Å². The first-order chi connectivity index (χ1) is 16.5.